The van der Waals surface area contributed by atoms with Gasteiger partial charge in [-0.25, -0.2) is 0 Å². The average molecular weight is 170 g/mol. The van der Waals surface area contributed by atoms with Crippen LogP contribution in [0, 0.1) is 5.41 Å². The average Bonchev–Trinajstić information content (AvgIpc) is 2.15. The van der Waals surface area contributed by atoms with E-state index < -0.39 is 0 Å². The Hall–Kier alpha value is -0.570. The van der Waals surface area contributed by atoms with Gasteiger partial charge in [-0.05, 0) is 0 Å². The van der Waals surface area contributed by atoms with Crippen LogP contribution >= 0.6 is 0 Å². The van der Waals surface area contributed by atoms with Gasteiger partial charge >= 0.3 is 0 Å². The van der Waals surface area contributed by atoms with Crippen molar-refractivity contribution in [2.24, 2.45) is 5.41 Å². The molecule has 12 heavy (non-hydrogen) atoms. The van der Waals surface area contributed by atoms with E-state index >= 15 is 0 Å². The zero-order valence-corrected chi connectivity index (χ0v) is 8.27. The van der Waals surface area contributed by atoms with E-state index in [2.05, 4.69) is 38.3 Å². The van der Waals surface area contributed by atoms with Crippen LogP contribution in [-0.4, -0.2) is 24.5 Å². The summed E-state index contributed by atoms with van der Waals surface area (Å²) < 4.78 is 0. The summed E-state index contributed by atoms with van der Waals surface area (Å²) in [6, 6.07) is 0.329. The van der Waals surface area contributed by atoms with Crippen LogP contribution < -0.4 is 10.6 Å². The largest absolute Gasteiger partial charge is 0.354 e. The summed E-state index contributed by atoms with van der Waals surface area (Å²) >= 11 is 0. The van der Waals surface area contributed by atoms with Gasteiger partial charge in [0.2, 0.25) is 5.91 Å². The molecule has 1 fully saturated rings. The van der Waals surface area contributed by atoms with E-state index in [4.69, 9.17) is 0 Å². The van der Waals surface area contributed by atoms with Crippen molar-refractivity contribution in [1.82, 2.24) is 10.6 Å². The number of hydrogen-bond donors (Lipinski definition) is 2. The third-order valence-electron chi connectivity index (χ3n) is 2.26. The molecule has 1 unspecified atom stereocenters. The van der Waals surface area contributed by atoms with Gasteiger partial charge in [-0.2, -0.15) is 0 Å². The van der Waals surface area contributed by atoms with Crippen LogP contribution in [0.15, 0.2) is 0 Å². The Morgan fingerprint density at radius 1 is 1.58 bits per heavy atom. The summed E-state index contributed by atoms with van der Waals surface area (Å²) in [5.41, 5.74) is 0.0430. The molecule has 1 rings (SSSR count). The molecular weight excluding hydrogens is 152 g/mol. The van der Waals surface area contributed by atoms with Crippen molar-refractivity contribution in [3.63, 3.8) is 0 Å². The van der Waals surface area contributed by atoms with Gasteiger partial charge < -0.3 is 10.6 Å². The third kappa shape index (κ3) is 1.78. The Balaban J connectivity index is 2.65. The first-order valence-corrected chi connectivity index (χ1v) is 4.47. The van der Waals surface area contributed by atoms with E-state index in [1.54, 1.807) is 0 Å². The molecule has 0 bridgehead atoms. The summed E-state index contributed by atoms with van der Waals surface area (Å²) in [6.45, 7) is 9.09. The molecule has 70 valence electrons. The van der Waals surface area contributed by atoms with Gasteiger partial charge in [0.15, 0.2) is 0 Å². The van der Waals surface area contributed by atoms with Gasteiger partial charge in [-0.15, -0.1) is 0 Å². The van der Waals surface area contributed by atoms with Gasteiger partial charge in [-0.3, -0.25) is 4.79 Å². The van der Waals surface area contributed by atoms with Crippen molar-refractivity contribution in [3.05, 3.63) is 0 Å². The van der Waals surface area contributed by atoms with Crippen LogP contribution in [-0.2, 0) is 4.79 Å². The molecule has 0 aromatic heterocycles. The monoisotopic (exact) mass is 170 g/mol. The highest BCUT2D eigenvalue weighted by molar-refractivity contribution is 5.85. The minimum absolute atomic E-state index is 0.0301. The number of hydrogen-bond acceptors (Lipinski definition) is 2. The van der Waals surface area contributed by atoms with Crippen LogP contribution in [0.5, 0.6) is 0 Å². The molecule has 3 nitrogen and oxygen atoms in total. The molecule has 1 atom stereocenters. The van der Waals surface area contributed by atoms with E-state index in [0.717, 1.165) is 6.54 Å². The molecular formula is C9H18N2O. The second-order valence-electron chi connectivity index (χ2n) is 4.46. The Labute approximate surface area is 73.9 Å². The lowest BCUT2D eigenvalue weighted by Crippen LogP contribution is -2.46. The van der Waals surface area contributed by atoms with Crippen LogP contribution in [0.2, 0.25) is 0 Å². The summed E-state index contributed by atoms with van der Waals surface area (Å²) in [7, 11) is 0. The molecule has 1 amide bonds. The maximum Gasteiger partial charge on any atom is 0.237 e. The van der Waals surface area contributed by atoms with E-state index in [0.29, 0.717) is 6.04 Å². The molecule has 1 aliphatic heterocycles. The fourth-order valence-corrected chi connectivity index (χ4v) is 1.51. The SMILES string of the molecule is CC(C)NC1C(=O)NCC1(C)C. The first kappa shape index (κ1) is 9.52. The quantitative estimate of drug-likeness (QED) is 0.634. The van der Waals surface area contributed by atoms with Crippen LogP contribution in [0.4, 0.5) is 0 Å². The van der Waals surface area contributed by atoms with Crippen LogP contribution in [0.25, 0.3) is 0 Å². The second-order valence-corrected chi connectivity index (χ2v) is 4.46. The lowest BCUT2D eigenvalue weighted by molar-refractivity contribution is -0.121. The molecule has 0 aliphatic carbocycles. The molecule has 1 aliphatic rings. The van der Waals surface area contributed by atoms with Gasteiger partial charge in [0.25, 0.3) is 0 Å². The lowest BCUT2D eigenvalue weighted by Gasteiger charge is -2.26. The molecule has 1 heterocycles. The second kappa shape index (κ2) is 3.05. The van der Waals surface area contributed by atoms with Gasteiger partial charge in [0.1, 0.15) is 0 Å². The summed E-state index contributed by atoms with van der Waals surface area (Å²) in [6.07, 6.45) is 0. The van der Waals surface area contributed by atoms with E-state index in [9.17, 15) is 4.79 Å². The zero-order chi connectivity index (χ0) is 9.35. The highest BCUT2D eigenvalue weighted by Gasteiger charge is 2.40. The minimum Gasteiger partial charge on any atom is -0.354 e. The fourth-order valence-electron chi connectivity index (χ4n) is 1.51. The third-order valence-corrected chi connectivity index (χ3v) is 2.26. The minimum atomic E-state index is -0.0301. The summed E-state index contributed by atoms with van der Waals surface area (Å²) in [5, 5.41) is 6.13. The Morgan fingerprint density at radius 3 is 2.50 bits per heavy atom. The summed E-state index contributed by atoms with van der Waals surface area (Å²) in [5.74, 6) is 0.133. The molecule has 3 heteroatoms. The maximum absolute atomic E-state index is 11.4. The van der Waals surface area contributed by atoms with Crippen LogP contribution in [0.1, 0.15) is 27.7 Å². The van der Waals surface area contributed by atoms with Gasteiger partial charge in [0, 0.05) is 18.0 Å². The van der Waals surface area contributed by atoms with Crippen molar-refractivity contribution in [2.45, 2.75) is 39.8 Å². The Bertz CT molecular complexity index is 187. The Kier molecular flexibility index (Phi) is 2.42. The van der Waals surface area contributed by atoms with Crippen molar-refractivity contribution >= 4 is 5.91 Å². The topological polar surface area (TPSA) is 41.1 Å². The Morgan fingerprint density at radius 2 is 2.17 bits per heavy atom. The number of carbonyl (C=O) groups is 1. The highest BCUT2D eigenvalue weighted by atomic mass is 16.2. The first-order valence-electron chi connectivity index (χ1n) is 4.47. The van der Waals surface area contributed by atoms with Gasteiger partial charge in [0.05, 0.1) is 6.04 Å². The lowest BCUT2D eigenvalue weighted by atomic mass is 9.87. The molecule has 2 N–H and O–H groups in total. The smallest absolute Gasteiger partial charge is 0.237 e. The first-order chi connectivity index (χ1) is 5.43. The van der Waals surface area contributed by atoms with E-state index in [-0.39, 0.29) is 17.4 Å². The van der Waals surface area contributed by atoms with Crippen molar-refractivity contribution in [1.29, 1.82) is 0 Å². The number of carbonyl (C=O) groups excluding carboxylic acids is 1. The normalized spacial score (nSPS) is 27.8. The van der Waals surface area contributed by atoms with Crippen LogP contribution in [0.3, 0.4) is 0 Å². The standard InChI is InChI=1S/C9H18N2O/c1-6(2)11-7-8(12)10-5-9(7,3)4/h6-7,11H,5H2,1-4H3,(H,10,12). The predicted octanol–water partition coefficient (Wildman–Crippen LogP) is 0.509. The van der Waals surface area contributed by atoms with E-state index in [1.807, 2.05) is 0 Å². The highest BCUT2D eigenvalue weighted by Crippen LogP contribution is 2.24. The molecule has 0 radical (unpaired) electrons. The number of amides is 1. The maximum atomic E-state index is 11.4. The molecule has 0 aromatic rings. The fraction of sp³-hybridized carbons (Fsp3) is 0.889. The molecule has 1 saturated heterocycles. The van der Waals surface area contributed by atoms with Gasteiger partial charge in [-0.1, -0.05) is 27.7 Å². The zero-order valence-electron chi connectivity index (χ0n) is 8.27. The van der Waals surface area contributed by atoms with Crippen molar-refractivity contribution in [2.75, 3.05) is 6.54 Å². The van der Waals surface area contributed by atoms with Crippen molar-refractivity contribution in [3.8, 4) is 0 Å². The van der Waals surface area contributed by atoms with E-state index in [1.165, 1.54) is 0 Å². The number of nitrogens with one attached hydrogen (secondary N) is 2. The predicted molar refractivity (Wildman–Crippen MR) is 48.9 cm³/mol. The van der Waals surface area contributed by atoms with Crippen molar-refractivity contribution < 1.29 is 4.79 Å². The molecule has 0 spiro atoms. The summed E-state index contributed by atoms with van der Waals surface area (Å²) in [4.78, 5) is 11.4. The number of rotatable bonds is 2. The molecule has 0 saturated carbocycles. The molecule has 0 aromatic carbocycles.